The minimum atomic E-state index is -0.623. The van der Waals surface area contributed by atoms with Crippen LogP contribution in [0.15, 0.2) is 51.6 Å². The normalized spacial score (nSPS) is 17.4. The monoisotopic (exact) mass is 504 g/mol. The second-order valence-corrected chi connectivity index (χ2v) is 9.49. The van der Waals surface area contributed by atoms with Crippen molar-refractivity contribution < 1.29 is 17.9 Å². The van der Waals surface area contributed by atoms with E-state index in [0.717, 1.165) is 49.2 Å². The van der Waals surface area contributed by atoms with E-state index in [1.165, 1.54) is 0 Å². The van der Waals surface area contributed by atoms with Gasteiger partial charge in [0.15, 0.2) is 11.6 Å². The standard InChI is InChI=1S/C27H26F2N6O2/c1-16-10-18-19(11-16)26(29)22(13-20(18)28)37-27-32-24(14-25(33-27)35-7-5-34(2)6-8-35)31-23-12-17(15-30-23)21-4-3-9-36-21/h3-4,9,11-14H,5-8,10,15H2,1-2H3,(H,30,31,32,33). The van der Waals surface area contributed by atoms with Gasteiger partial charge in [-0.15, -0.1) is 0 Å². The molecule has 2 aromatic heterocycles. The van der Waals surface area contributed by atoms with Gasteiger partial charge in [-0.1, -0.05) is 11.6 Å². The molecule has 0 unspecified atom stereocenters. The van der Waals surface area contributed by atoms with Gasteiger partial charge in [-0.3, -0.25) is 4.99 Å². The van der Waals surface area contributed by atoms with Crippen molar-refractivity contribution in [2.24, 2.45) is 4.99 Å². The molecule has 0 atom stereocenters. The number of aliphatic imine (C=N–C) groups is 1. The molecule has 6 rings (SSSR count). The highest BCUT2D eigenvalue weighted by atomic mass is 19.1. The van der Waals surface area contributed by atoms with Crippen LogP contribution in [0.2, 0.25) is 0 Å². The summed E-state index contributed by atoms with van der Waals surface area (Å²) in [5.74, 6) is 1.05. The van der Waals surface area contributed by atoms with E-state index in [0.29, 0.717) is 36.0 Å². The maximum atomic E-state index is 15.3. The molecule has 1 saturated heterocycles. The third-order valence-electron chi connectivity index (χ3n) is 6.72. The number of aromatic nitrogens is 2. The molecule has 1 aliphatic carbocycles. The van der Waals surface area contributed by atoms with Crippen molar-refractivity contribution in [1.82, 2.24) is 14.9 Å². The number of halogens is 2. The van der Waals surface area contributed by atoms with Crippen molar-refractivity contribution in [3.05, 3.63) is 70.7 Å². The minimum Gasteiger partial charge on any atom is -0.465 e. The molecule has 0 spiro atoms. The van der Waals surface area contributed by atoms with Crippen molar-refractivity contribution in [2.75, 3.05) is 50.0 Å². The average molecular weight is 505 g/mol. The number of benzene rings is 1. The Morgan fingerprint density at radius 3 is 2.70 bits per heavy atom. The molecule has 10 heteroatoms. The minimum absolute atomic E-state index is 0.0790. The molecule has 190 valence electrons. The molecule has 3 aromatic rings. The fourth-order valence-electron chi connectivity index (χ4n) is 4.70. The molecule has 2 aliphatic heterocycles. The number of piperazine rings is 1. The van der Waals surface area contributed by atoms with Gasteiger partial charge in [0.2, 0.25) is 0 Å². The Kier molecular flexibility index (Phi) is 5.96. The summed E-state index contributed by atoms with van der Waals surface area (Å²) in [6.45, 7) is 5.60. The van der Waals surface area contributed by atoms with Crippen molar-refractivity contribution in [3.63, 3.8) is 0 Å². The molecular weight excluding hydrogens is 478 g/mol. The van der Waals surface area contributed by atoms with Gasteiger partial charge in [-0.05, 0) is 38.6 Å². The number of hydrogen-bond acceptors (Lipinski definition) is 8. The highest BCUT2D eigenvalue weighted by Crippen LogP contribution is 2.36. The quantitative estimate of drug-likeness (QED) is 0.537. The number of ether oxygens (including phenoxy) is 1. The van der Waals surface area contributed by atoms with Crippen LogP contribution in [0.5, 0.6) is 11.8 Å². The largest absolute Gasteiger partial charge is 0.465 e. The van der Waals surface area contributed by atoms with Crippen LogP contribution in [-0.4, -0.2) is 60.5 Å². The lowest BCUT2D eigenvalue weighted by Crippen LogP contribution is -2.44. The van der Waals surface area contributed by atoms with E-state index in [2.05, 4.69) is 37.1 Å². The summed E-state index contributed by atoms with van der Waals surface area (Å²) in [6, 6.07) is 6.51. The Hall–Kier alpha value is -4.05. The SMILES string of the molecule is CC1=Cc2c(F)c(Oc3nc(NC4=NCC(c5ccco5)=C4)cc(N4CCN(C)CC4)n3)cc(F)c2C1. The summed E-state index contributed by atoms with van der Waals surface area (Å²) >= 11 is 0. The highest BCUT2D eigenvalue weighted by molar-refractivity contribution is 6.10. The summed E-state index contributed by atoms with van der Waals surface area (Å²) in [4.78, 5) is 17.9. The predicted octanol–water partition coefficient (Wildman–Crippen LogP) is 4.76. The number of allylic oxidation sites excluding steroid dienone is 1. The van der Waals surface area contributed by atoms with Crippen LogP contribution in [0.3, 0.4) is 0 Å². The lowest BCUT2D eigenvalue weighted by atomic mass is 10.1. The number of nitrogens with zero attached hydrogens (tertiary/aromatic N) is 5. The Balaban J connectivity index is 1.32. The molecule has 1 N–H and O–H groups in total. The summed E-state index contributed by atoms with van der Waals surface area (Å²) in [7, 11) is 2.07. The lowest BCUT2D eigenvalue weighted by Gasteiger charge is -2.33. The first kappa shape index (κ1) is 23.4. The fourth-order valence-corrected chi connectivity index (χ4v) is 4.70. The van der Waals surface area contributed by atoms with Gasteiger partial charge >= 0.3 is 6.01 Å². The van der Waals surface area contributed by atoms with Gasteiger partial charge in [0.25, 0.3) is 0 Å². The van der Waals surface area contributed by atoms with E-state index in [-0.39, 0.29) is 17.3 Å². The second-order valence-electron chi connectivity index (χ2n) is 9.49. The first-order chi connectivity index (χ1) is 17.9. The van der Waals surface area contributed by atoms with E-state index in [1.54, 1.807) is 12.3 Å². The molecule has 1 fully saturated rings. The van der Waals surface area contributed by atoms with E-state index < -0.39 is 11.6 Å². The number of nitrogens with one attached hydrogen (secondary N) is 1. The van der Waals surface area contributed by atoms with Crippen LogP contribution in [-0.2, 0) is 6.42 Å². The zero-order valence-corrected chi connectivity index (χ0v) is 20.6. The maximum Gasteiger partial charge on any atom is 0.326 e. The number of fused-ring (bicyclic) bond motifs is 1. The van der Waals surface area contributed by atoms with E-state index in [1.807, 2.05) is 31.2 Å². The van der Waals surface area contributed by atoms with Crippen LogP contribution in [0.1, 0.15) is 23.8 Å². The van der Waals surface area contributed by atoms with Crippen LogP contribution in [0, 0.1) is 11.6 Å². The van der Waals surface area contributed by atoms with Gasteiger partial charge in [0.1, 0.15) is 29.0 Å². The van der Waals surface area contributed by atoms with Crippen LogP contribution >= 0.6 is 0 Å². The molecule has 0 amide bonds. The van der Waals surface area contributed by atoms with Gasteiger partial charge < -0.3 is 24.3 Å². The molecule has 3 aliphatic rings. The summed E-state index contributed by atoms with van der Waals surface area (Å²) < 4.78 is 41.2. The van der Waals surface area contributed by atoms with E-state index in [9.17, 15) is 4.39 Å². The second kappa shape index (κ2) is 9.44. The topological polar surface area (TPSA) is 79.0 Å². The number of furan rings is 1. The van der Waals surface area contributed by atoms with Crippen LogP contribution in [0.4, 0.5) is 20.4 Å². The number of hydrogen-bond donors (Lipinski definition) is 1. The Morgan fingerprint density at radius 2 is 1.92 bits per heavy atom. The van der Waals surface area contributed by atoms with Crippen LogP contribution in [0.25, 0.3) is 11.6 Å². The van der Waals surface area contributed by atoms with Gasteiger partial charge in [-0.25, -0.2) is 8.78 Å². The number of amidine groups is 1. The lowest BCUT2D eigenvalue weighted by molar-refractivity contribution is 0.311. The van der Waals surface area contributed by atoms with Crippen LogP contribution < -0.4 is 15.0 Å². The zero-order chi connectivity index (χ0) is 25.5. The van der Waals surface area contributed by atoms with Crippen molar-refractivity contribution >= 4 is 29.1 Å². The van der Waals surface area contributed by atoms with Gasteiger partial charge in [0.05, 0.1) is 12.8 Å². The summed E-state index contributed by atoms with van der Waals surface area (Å²) in [6.07, 6.45) is 5.55. The summed E-state index contributed by atoms with van der Waals surface area (Å²) in [5.41, 5.74) is 2.40. The molecule has 8 nitrogen and oxygen atoms in total. The van der Waals surface area contributed by atoms with Crippen molar-refractivity contribution in [1.29, 1.82) is 0 Å². The molecule has 0 radical (unpaired) electrons. The maximum absolute atomic E-state index is 15.3. The van der Waals surface area contributed by atoms with Gasteiger partial charge in [0, 0.05) is 55.0 Å². The van der Waals surface area contributed by atoms with Crippen molar-refractivity contribution in [2.45, 2.75) is 13.3 Å². The summed E-state index contributed by atoms with van der Waals surface area (Å²) in [5, 5.41) is 3.21. The third kappa shape index (κ3) is 4.72. The number of anilines is 2. The first-order valence-corrected chi connectivity index (χ1v) is 12.2. The molecule has 4 heterocycles. The predicted molar refractivity (Wildman–Crippen MR) is 138 cm³/mol. The van der Waals surface area contributed by atoms with E-state index in [4.69, 9.17) is 9.15 Å². The smallest absolute Gasteiger partial charge is 0.326 e. The zero-order valence-electron chi connectivity index (χ0n) is 20.6. The Morgan fingerprint density at radius 1 is 1.08 bits per heavy atom. The molecule has 1 aromatic carbocycles. The molecular formula is C27H26F2N6O2. The average Bonchev–Trinajstić information content (AvgIpc) is 3.64. The highest BCUT2D eigenvalue weighted by Gasteiger charge is 2.24. The fraction of sp³-hybridized carbons (Fsp3) is 0.296. The Bertz CT molecular complexity index is 1440. The van der Waals surface area contributed by atoms with E-state index >= 15 is 4.39 Å². The third-order valence-corrected chi connectivity index (χ3v) is 6.72. The first-order valence-electron chi connectivity index (χ1n) is 12.2. The molecule has 37 heavy (non-hydrogen) atoms. The van der Waals surface area contributed by atoms with Gasteiger partial charge in [-0.2, -0.15) is 9.97 Å². The van der Waals surface area contributed by atoms with Crippen molar-refractivity contribution in [3.8, 4) is 11.8 Å². The Labute approximate surface area is 213 Å². The number of rotatable bonds is 5. The molecule has 0 bridgehead atoms. The molecule has 0 saturated carbocycles. The number of likely N-dealkylation sites (N-methyl/N-ethyl adjacent to an activating group) is 1.